The maximum Gasteiger partial charge on any atom is 0.280 e. The molecule has 0 saturated heterocycles. The molecule has 0 fully saturated rings. The van der Waals surface area contributed by atoms with E-state index in [1.54, 1.807) is 6.07 Å². The molecule has 5 nitrogen and oxygen atoms in total. The predicted molar refractivity (Wildman–Crippen MR) is 71.3 cm³/mol. The minimum atomic E-state index is -0.133. The molecule has 90 valence electrons. The van der Waals surface area contributed by atoms with E-state index in [-0.39, 0.29) is 5.56 Å². The lowest BCUT2D eigenvalue weighted by atomic mass is 10.2. The van der Waals surface area contributed by atoms with Crippen molar-refractivity contribution in [2.24, 2.45) is 0 Å². The molecule has 0 saturated carbocycles. The van der Waals surface area contributed by atoms with Crippen LogP contribution in [0, 0.1) is 4.77 Å². The lowest BCUT2D eigenvalue weighted by Gasteiger charge is -2.14. The zero-order valence-corrected chi connectivity index (χ0v) is 10.5. The number of hydrogen-bond acceptors (Lipinski definition) is 4. The van der Waals surface area contributed by atoms with Crippen LogP contribution < -0.4 is 11.0 Å². The van der Waals surface area contributed by atoms with Gasteiger partial charge in [-0.25, -0.2) is 0 Å². The van der Waals surface area contributed by atoms with Crippen LogP contribution in [0.5, 0.6) is 0 Å². The number of benzene rings is 1. The van der Waals surface area contributed by atoms with Crippen molar-refractivity contribution in [1.29, 1.82) is 0 Å². The van der Waals surface area contributed by atoms with Crippen LogP contribution in [0.25, 0.3) is 10.9 Å². The molecule has 0 atom stereocenters. The molecular weight excluding hydrogens is 236 g/mol. The van der Waals surface area contributed by atoms with Crippen molar-refractivity contribution in [1.82, 2.24) is 14.6 Å². The Kier molecular flexibility index (Phi) is 3.26. The number of hydrogen-bond donors (Lipinski definition) is 2. The van der Waals surface area contributed by atoms with Gasteiger partial charge in [-0.05, 0) is 38.4 Å². The van der Waals surface area contributed by atoms with E-state index in [2.05, 4.69) is 10.4 Å². The van der Waals surface area contributed by atoms with E-state index < -0.39 is 0 Å². The minimum Gasteiger partial charge on any atom is -0.330 e. The van der Waals surface area contributed by atoms with Gasteiger partial charge in [-0.3, -0.25) is 9.69 Å². The second-order valence-electron chi connectivity index (χ2n) is 4.01. The maximum absolute atomic E-state index is 12.2. The van der Waals surface area contributed by atoms with Crippen molar-refractivity contribution in [2.75, 3.05) is 26.2 Å². The van der Waals surface area contributed by atoms with Gasteiger partial charge in [0.2, 0.25) is 0 Å². The predicted octanol–water partition coefficient (Wildman–Crippen LogP) is 1.12. The van der Waals surface area contributed by atoms with Gasteiger partial charge in [0.25, 0.3) is 5.56 Å². The molecule has 2 N–H and O–H groups in total. The van der Waals surface area contributed by atoms with Gasteiger partial charge < -0.3 is 10.4 Å². The number of para-hydroxylation sites is 1. The molecule has 2 aromatic rings. The summed E-state index contributed by atoms with van der Waals surface area (Å²) >= 11 is 5.15. The molecule has 0 aliphatic heterocycles. The first kappa shape index (κ1) is 11.8. The van der Waals surface area contributed by atoms with Crippen molar-refractivity contribution >= 4 is 23.1 Å². The summed E-state index contributed by atoms with van der Waals surface area (Å²) < 4.78 is 1.73. The molecule has 0 bridgehead atoms. The molecule has 0 spiro atoms. The van der Waals surface area contributed by atoms with Gasteiger partial charge in [0, 0.05) is 0 Å². The second kappa shape index (κ2) is 4.68. The fraction of sp³-hybridized carbons (Fsp3) is 0.273. The van der Waals surface area contributed by atoms with Gasteiger partial charge in [-0.15, -0.1) is 0 Å². The van der Waals surface area contributed by atoms with E-state index in [9.17, 15) is 4.79 Å². The summed E-state index contributed by atoms with van der Waals surface area (Å²) in [6, 6.07) is 7.31. The van der Waals surface area contributed by atoms with Gasteiger partial charge in [0.1, 0.15) is 0 Å². The largest absolute Gasteiger partial charge is 0.330 e. The standard InChI is InChI=1S/C11H14N4OS/c1-14(2)7-12-15-10(16)8-5-3-4-6-9(8)13-11(15)17/h3-6,12H,7H2,1-2H3,(H,13,17). The highest BCUT2D eigenvalue weighted by Gasteiger charge is 2.04. The fourth-order valence-electron chi connectivity index (χ4n) is 1.52. The minimum absolute atomic E-state index is 0.133. The Hall–Kier alpha value is -1.66. The summed E-state index contributed by atoms with van der Waals surface area (Å²) in [5.74, 6) is 0. The van der Waals surface area contributed by atoms with Crippen LogP contribution in [0.15, 0.2) is 29.1 Å². The van der Waals surface area contributed by atoms with Crippen LogP contribution in [0.1, 0.15) is 0 Å². The molecule has 0 unspecified atom stereocenters. The first-order valence-electron chi connectivity index (χ1n) is 5.22. The Bertz CT molecular complexity index is 644. The Morgan fingerprint density at radius 3 is 2.82 bits per heavy atom. The number of aromatic amines is 1. The summed E-state index contributed by atoms with van der Waals surface area (Å²) in [6.45, 7) is 0.537. The smallest absolute Gasteiger partial charge is 0.280 e. The fourth-order valence-corrected chi connectivity index (χ4v) is 1.78. The SMILES string of the molecule is CN(C)CNn1c(=S)[nH]c2ccccc2c1=O. The topological polar surface area (TPSA) is 53.1 Å². The first-order chi connectivity index (χ1) is 8.09. The van der Waals surface area contributed by atoms with E-state index in [0.29, 0.717) is 16.8 Å². The number of fused-ring (bicyclic) bond motifs is 1. The summed E-state index contributed by atoms with van der Waals surface area (Å²) in [7, 11) is 3.82. The second-order valence-corrected chi connectivity index (χ2v) is 4.40. The highest BCUT2D eigenvalue weighted by atomic mass is 32.1. The highest BCUT2D eigenvalue weighted by molar-refractivity contribution is 7.71. The van der Waals surface area contributed by atoms with E-state index in [0.717, 1.165) is 5.52 Å². The third-order valence-corrected chi connectivity index (χ3v) is 2.63. The van der Waals surface area contributed by atoms with Gasteiger partial charge in [-0.2, -0.15) is 4.68 Å². The molecule has 0 amide bonds. The molecule has 1 aromatic heterocycles. The van der Waals surface area contributed by atoms with Crippen LogP contribution in [0.3, 0.4) is 0 Å². The summed E-state index contributed by atoms with van der Waals surface area (Å²) in [4.78, 5) is 17.1. The van der Waals surface area contributed by atoms with Crippen molar-refractivity contribution < 1.29 is 0 Å². The molecule has 0 aliphatic rings. The molecule has 6 heteroatoms. The molecule has 2 rings (SSSR count). The lowest BCUT2D eigenvalue weighted by Crippen LogP contribution is -2.35. The molecule has 1 heterocycles. The average Bonchev–Trinajstić information content (AvgIpc) is 2.28. The van der Waals surface area contributed by atoms with Gasteiger partial charge >= 0.3 is 0 Å². The van der Waals surface area contributed by atoms with Crippen LogP contribution >= 0.6 is 12.2 Å². The quantitative estimate of drug-likeness (QED) is 0.633. The first-order valence-corrected chi connectivity index (χ1v) is 5.63. The molecule has 0 aliphatic carbocycles. The van der Waals surface area contributed by atoms with E-state index in [4.69, 9.17) is 12.2 Å². The molecular formula is C11H14N4OS. The molecule has 17 heavy (non-hydrogen) atoms. The van der Waals surface area contributed by atoms with Gasteiger partial charge in [-0.1, -0.05) is 12.1 Å². The van der Waals surface area contributed by atoms with Crippen LogP contribution in [-0.2, 0) is 0 Å². The zero-order chi connectivity index (χ0) is 12.4. The number of H-pyrrole nitrogens is 1. The Balaban J connectivity index is 2.56. The van der Waals surface area contributed by atoms with Gasteiger partial charge in [0.15, 0.2) is 4.77 Å². The van der Waals surface area contributed by atoms with E-state index in [1.165, 1.54) is 4.68 Å². The summed E-state index contributed by atoms with van der Waals surface area (Å²) in [5.41, 5.74) is 3.59. The maximum atomic E-state index is 12.2. The van der Waals surface area contributed by atoms with E-state index in [1.807, 2.05) is 37.2 Å². The lowest BCUT2D eigenvalue weighted by molar-refractivity contribution is 0.418. The van der Waals surface area contributed by atoms with Gasteiger partial charge in [0.05, 0.1) is 17.6 Å². The van der Waals surface area contributed by atoms with Crippen molar-refractivity contribution in [3.8, 4) is 0 Å². The number of nitrogens with one attached hydrogen (secondary N) is 2. The van der Waals surface area contributed by atoms with Crippen molar-refractivity contribution in [3.63, 3.8) is 0 Å². The zero-order valence-electron chi connectivity index (χ0n) is 9.73. The number of aromatic nitrogens is 2. The van der Waals surface area contributed by atoms with Crippen LogP contribution in [0.2, 0.25) is 0 Å². The highest BCUT2D eigenvalue weighted by Crippen LogP contribution is 2.04. The van der Waals surface area contributed by atoms with Crippen LogP contribution in [-0.4, -0.2) is 35.3 Å². The Labute approximate surface area is 104 Å². The Morgan fingerprint density at radius 2 is 2.12 bits per heavy atom. The average molecular weight is 250 g/mol. The van der Waals surface area contributed by atoms with Crippen LogP contribution in [0.4, 0.5) is 0 Å². The number of rotatable bonds is 3. The van der Waals surface area contributed by atoms with E-state index >= 15 is 0 Å². The summed E-state index contributed by atoms with van der Waals surface area (Å²) in [5, 5.41) is 0.618. The Morgan fingerprint density at radius 1 is 1.41 bits per heavy atom. The third kappa shape index (κ3) is 2.37. The molecule has 0 radical (unpaired) electrons. The third-order valence-electron chi connectivity index (χ3n) is 2.35. The monoisotopic (exact) mass is 250 g/mol. The van der Waals surface area contributed by atoms with Crippen molar-refractivity contribution in [2.45, 2.75) is 0 Å². The summed E-state index contributed by atoms with van der Waals surface area (Å²) in [6.07, 6.45) is 0. The normalized spacial score (nSPS) is 11.0. The van der Waals surface area contributed by atoms with Crippen molar-refractivity contribution in [3.05, 3.63) is 39.4 Å². The number of nitrogens with zero attached hydrogens (tertiary/aromatic N) is 2. The molecule has 1 aromatic carbocycles.